The Morgan fingerprint density at radius 2 is 1.68 bits per heavy atom. The van der Waals surface area contributed by atoms with Gasteiger partial charge in [0.2, 0.25) is 5.91 Å². The average molecular weight is 372 g/mol. The smallest absolute Gasteiger partial charge is 0.251 e. The predicted molar refractivity (Wildman–Crippen MR) is 111 cm³/mol. The minimum atomic E-state index is -0.139. The lowest BCUT2D eigenvalue weighted by Gasteiger charge is -2.25. The number of carbonyl (C=O) groups excluding carboxylic acids is 2. The fourth-order valence-corrected chi connectivity index (χ4v) is 3.95. The quantitative estimate of drug-likeness (QED) is 0.725. The van der Waals surface area contributed by atoms with Gasteiger partial charge in [0, 0.05) is 25.1 Å². The molecule has 1 atom stereocenters. The fraction of sp³-hybridized carbons (Fsp3) is 0.250. The highest BCUT2D eigenvalue weighted by atomic mass is 16.2. The van der Waals surface area contributed by atoms with Gasteiger partial charge in [0.25, 0.3) is 5.91 Å². The van der Waals surface area contributed by atoms with Crippen molar-refractivity contribution < 1.29 is 9.59 Å². The van der Waals surface area contributed by atoms with Gasteiger partial charge < -0.3 is 10.2 Å². The Balaban J connectivity index is 1.33. The first-order valence-electron chi connectivity index (χ1n) is 9.84. The maximum absolute atomic E-state index is 12.7. The van der Waals surface area contributed by atoms with Gasteiger partial charge in [0.1, 0.15) is 0 Å². The summed E-state index contributed by atoms with van der Waals surface area (Å²) >= 11 is 0. The molecular formula is C24H24N2O2. The lowest BCUT2D eigenvalue weighted by Crippen LogP contribution is -2.34. The molecule has 3 aromatic rings. The molecule has 1 fully saturated rings. The molecule has 1 N–H and O–H groups in total. The van der Waals surface area contributed by atoms with Crippen molar-refractivity contribution in [1.29, 1.82) is 0 Å². The minimum absolute atomic E-state index is 0.102. The first-order valence-corrected chi connectivity index (χ1v) is 9.84. The molecule has 0 bridgehead atoms. The summed E-state index contributed by atoms with van der Waals surface area (Å²) in [6, 6.07) is 24.0. The summed E-state index contributed by atoms with van der Waals surface area (Å²) < 4.78 is 0. The summed E-state index contributed by atoms with van der Waals surface area (Å²) in [6.07, 6.45) is 2.34. The van der Waals surface area contributed by atoms with E-state index in [0.717, 1.165) is 30.2 Å². The first kappa shape index (κ1) is 18.2. The monoisotopic (exact) mass is 372 g/mol. The maximum Gasteiger partial charge on any atom is 0.251 e. The normalized spacial score (nSPS) is 16.3. The number of benzene rings is 3. The molecule has 0 aromatic heterocycles. The minimum Gasteiger partial charge on any atom is -0.352 e. The summed E-state index contributed by atoms with van der Waals surface area (Å²) in [5.74, 6) is -0.0373. The first-order chi connectivity index (χ1) is 13.7. The fourth-order valence-electron chi connectivity index (χ4n) is 3.95. The zero-order chi connectivity index (χ0) is 19.3. The SMILES string of the molecule is O=C(NCCC(=O)N1CCCC1c1ccccc1)c1ccc2ccccc2c1. The van der Waals surface area contributed by atoms with Gasteiger partial charge in [-0.3, -0.25) is 9.59 Å². The molecule has 3 aromatic carbocycles. The van der Waals surface area contributed by atoms with Crippen LogP contribution in [-0.4, -0.2) is 29.8 Å². The standard InChI is InChI=1S/C24H24N2O2/c27-23(26-16-6-11-22(26)19-8-2-1-3-9-19)14-15-25-24(28)21-13-12-18-7-4-5-10-20(18)17-21/h1-5,7-10,12-13,17,22H,6,11,14-16H2,(H,25,28). The Labute approximate surface area is 165 Å². The topological polar surface area (TPSA) is 49.4 Å². The van der Waals surface area contributed by atoms with Gasteiger partial charge in [-0.1, -0.05) is 60.7 Å². The highest BCUT2D eigenvalue weighted by Gasteiger charge is 2.29. The number of nitrogens with zero attached hydrogens (tertiary/aromatic N) is 1. The molecule has 2 amide bonds. The van der Waals surface area contributed by atoms with Gasteiger partial charge >= 0.3 is 0 Å². The Morgan fingerprint density at radius 1 is 0.929 bits per heavy atom. The lowest BCUT2D eigenvalue weighted by molar-refractivity contribution is -0.132. The lowest BCUT2D eigenvalue weighted by atomic mass is 10.0. The van der Waals surface area contributed by atoms with E-state index in [9.17, 15) is 9.59 Å². The third-order valence-electron chi connectivity index (χ3n) is 5.39. The van der Waals surface area contributed by atoms with Crippen LogP contribution in [0.15, 0.2) is 72.8 Å². The van der Waals surface area contributed by atoms with Crippen LogP contribution in [-0.2, 0) is 4.79 Å². The van der Waals surface area contributed by atoms with E-state index < -0.39 is 0 Å². The van der Waals surface area contributed by atoms with E-state index in [-0.39, 0.29) is 17.9 Å². The van der Waals surface area contributed by atoms with Gasteiger partial charge in [-0.25, -0.2) is 0 Å². The van der Waals surface area contributed by atoms with Crippen LogP contribution in [0.3, 0.4) is 0 Å². The van der Waals surface area contributed by atoms with Crippen molar-refractivity contribution in [3.05, 3.63) is 83.9 Å². The molecule has 28 heavy (non-hydrogen) atoms. The zero-order valence-electron chi connectivity index (χ0n) is 15.8. The van der Waals surface area contributed by atoms with E-state index in [1.807, 2.05) is 65.6 Å². The van der Waals surface area contributed by atoms with E-state index in [1.54, 1.807) is 0 Å². The van der Waals surface area contributed by atoms with Crippen LogP contribution in [0.4, 0.5) is 0 Å². The molecule has 1 heterocycles. The van der Waals surface area contributed by atoms with Crippen molar-refractivity contribution in [2.24, 2.45) is 0 Å². The second-order valence-electron chi connectivity index (χ2n) is 7.22. The molecule has 1 unspecified atom stereocenters. The highest BCUT2D eigenvalue weighted by molar-refractivity contribution is 5.98. The van der Waals surface area contributed by atoms with Crippen LogP contribution in [0.1, 0.15) is 41.2 Å². The summed E-state index contributed by atoms with van der Waals surface area (Å²) in [5.41, 5.74) is 1.81. The van der Waals surface area contributed by atoms with Crippen LogP contribution in [0.5, 0.6) is 0 Å². The molecule has 4 heteroatoms. The van der Waals surface area contributed by atoms with Gasteiger partial charge in [0.05, 0.1) is 6.04 Å². The Kier molecular flexibility index (Phi) is 5.38. The molecule has 0 aliphatic carbocycles. The third kappa shape index (κ3) is 3.91. The van der Waals surface area contributed by atoms with Crippen molar-refractivity contribution in [3.63, 3.8) is 0 Å². The second kappa shape index (κ2) is 8.26. The maximum atomic E-state index is 12.7. The molecule has 4 rings (SSSR count). The van der Waals surface area contributed by atoms with Crippen LogP contribution in [0, 0.1) is 0 Å². The van der Waals surface area contributed by atoms with Crippen molar-refractivity contribution >= 4 is 22.6 Å². The van der Waals surface area contributed by atoms with E-state index in [0.29, 0.717) is 18.5 Å². The van der Waals surface area contributed by atoms with E-state index in [4.69, 9.17) is 0 Å². The van der Waals surface area contributed by atoms with Crippen molar-refractivity contribution in [2.75, 3.05) is 13.1 Å². The number of carbonyl (C=O) groups is 2. The van der Waals surface area contributed by atoms with Crippen LogP contribution in [0.2, 0.25) is 0 Å². The predicted octanol–water partition coefficient (Wildman–Crippen LogP) is 4.32. The molecule has 4 nitrogen and oxygen atoms in total. The average Bonchev–Trinajstić information content (AvgIpc) is 3.24. The van der Waals surface area contributed by atoms with E-state index >= 15 is 0 Å². The zero-order valence-corrected chi connectivity index (χ0v) is 15.8. The largest absolute Gasteiger partial charge is 0.352 e. The van der Waals surface area contributed by atoms with Gasteiger partial charge in [0.15, 0.2) is 0 Å². The molecule has 142 valence electrons. The number of hydrogen-bond donors (Lipinski definition) is 1. The van der Waals surface area contributed by atoms with Crippen LogP contribution < -0.4 is 5.32 Å². The number of hydrogen-bond acceptors (Lipinski definition) is 2. The van der Waals surface area contributed by atoms with Crippen molar-refractivity contribution in [1.82, 2.24) is 10.2 Å². The van der Waals surface area contributed by atoms with Gasteiger partial charge in [-0.05, 0) is 41.3 Å². The van der Waals surface area contributed by atoms with Crippen LogP contribution in [0.25, 0.3) is 10.8 Å². The molecule has 0 saturated carbocycles. The van der Waals surface area contributed by atoms with Crippen molar-refractivity contribution in [3.8, 4) is 0 Å². The molecular weight excluding hydrogens is 348 g/mol. The van der Waals surface area contributed by atoms with E-state index in [2.05, 4.69) is 17.4 Å². The number of fused-ring (bicyclic) bond motifs is 1. The molecule has 0 radical (unpaired) electrons. The summed E-state index contributed by atoms with van der Waals surface area (Å²) in [7, 11) is 0. The Hall–Kier alpha value is -3.14. The summed E-state index contributed by atoms with van der Waals surface area (Å²) in [5, 5.41) is 5.03. The third-order valence-corrected chi connectivity index (χ3v) is 5.39. The van der Waals surface area contributed by atoms with Crippen molar-refractivity contribution in [2.45, 2.75) is 25.3 Å². The molecule has 0 spiro atoms. The summed E-state index contributed by atoms with van der Waals surface area (Å²) in [4.78, 5) is 27.1. The number of amides is 2. The Morgan fingerprint density at radius 3 is 2.50 bits per heavy atom. The number of likely N-dealkylation sites (tertiary alicyclic amines) is 1. The highest BCUT2D eigenvalue weighted by Crippen LogP contribution is 2.32. The van der Waals surface area contributed by atoms with Crippen LogP contribution >= 0.6 is 0 Å². The van der Waals surface area contributed by atoms with Gasteiger partial charge in [-0.2, -0.15) is 0 Å². The van der Waals surface area contributed by atoms with E-state index in [1.165, 1.54) is 5.56 Å². The molecule has 1 aliphatic rings. The Bertz CT molecular complexity index is 984. The summed E-state index contributed by atoms with van der Waals surface area (Å²) in [6.45, 7) is 1.14. The molecule has 1 aliphatic heterocycles. The number of rotatable bonds is 5. The van der Waals surface area contributed by atoms with Gasteiger partial charge in [-0.15, -0.1) is 0 Å². The molecule has 1 saturated heterocycles. The second-order valence-corrected chi connectivity index (χ2v) is 7.22. The number of nitrogens with one attached hydrogen (secondary N) is 1.